The molecular formula is C16H21N5O2S. The number of amides is 1. The van der Waals surface area contributed by atoms with Crippen molar-refractivity contribution in [3.8, 4) is 0 Å². The van der Waals surface area contributed by atoms with Crippen molar-refractivity contribution in [3.63, 3.8) is 0 Å². The summed E-state index contributed by atoms with van der Waals surface area (Å²) in [4.78, 5) is 22.6. The van der Waals surface area contributed by atoms with Crippen LogP contribution in [0.1, 0.15) is 28.2 Å². The van der Waals surface area contributed by atoms with Crippen molar-refractivity contribution in [1.29, 1.82) is 0 Å². The fourth-order valence-electron chi connectivity index (χ4n) is 3.27. The van der Waals surface area contributed by atoms with E-state index in [1.54, 1.807) is 0 Å². The highest BCUT2D eigenvalue weighted by atomic mass is 32.1. The molecule has 7 nitrogen and oxygen atoms in total. The summed E-state index contributed by atoms with van der Waals surface area (Å²) in [7, 11) is 0. The van der Waals surface area contributed by atoms with Gasteiger partial charge in [0.05, 0.1) is 19.7 Å². The quantitative estimate of drug-likeness (QED) is 0.901. The first-order chi connectivity index (χ1) is 11.7. The van der Waals surface area contributed by atoms with E-state index >= 15 is 0 Å². The number of thiophene rings is 1. The Bertz CT molecular complexity index is 728. The maximum absolute atomic E-state index is 12.7. The molecule has 24 heavy (non-hydrogen) atoms. The zero-order valence-corrected chi connectivity index (χ0v) is 14.5. The van der Waals surface area contributed by atoms with Crippen molar-refractivity contribution >= 4 is 17.2 Å². The lowest BCUT2D eigenvalue weighted by molar-refractivity contribution is -0.140. The first-order valence-corrected chi connectivity index (χ1v) is 9.13. The molecule has 1 amide bonds. The maximum atomic E-state index is 12.7. The minimum atomic E-state index is -0.238. The first-order valence-electron chi connectivity index (χ1n) is 8.25. The molecule has 1 atom stereocenters. The third-order valence-corrected chi connectivity index (χ3v) is 5.59. The van der Waals surface area contributed by atoms with Gasteiger partial charge in [0, 0.05) is 24.5 Å². The van der Waals surface area contributed by atoms with E-state index in [-0.39, 0.29) is 12.0 Å². The van der Waals surface area contributed by atoms with E-state index in [9.17, 15) is 4.79 Å². The molecule has 0 aromatic carbocycles. The van der Waals surface area contributed by atoms with Crippen molar-refractivity contribution in [1.82, 2.24) is 25.0 Å². The number of fused-ring (bicyclic) bond motifs is 1. The first kappa shape index (κ1) is 15.7. The van der Waals surface area contributed by atoms with Crippen molar-refractivity contribution in [2.24, 2.45) is 0 Å². The number of hydrogen-bond acceptors (Lipinski definition) is 6. The second-order valence-electron chi connectivity index (χ2n) is 6.31. The molecule has 0 bridgehead atoms. The van der Waals surface area contributed by atoms with Crippen molar-refractivity contribution in [2.75, 3.05) is 32.8 Å². The molecular weight excluding hydrogens is 326 g/mol. The van der Waals surface area contributed by atoms with Crippen LogP contribution >= 0.6 is 11.3 Å². The van der Waals surface area contributed by atoms with Crippen LogP contribution in [-0.4, -0.2) is 63.7 Å². The van der Waals surface area contributed by atoms with Gasteiger partial charge in [-0.25, -0.2) is 4.98 Å². The number of nitrogens with zero attached hydrogens (tertiary/aromatic N) is 4. The monoisotopic (exact) mass is 347 g/mol. The summed E-state index contributed by atoms with van der Waals surface area (Å²) in [6, 6.07) is 2.17. The number of carbonyl (C=O) groups excluding carboxylic acids is 1. The SMILES string of the molecule is Cc1nc(C2CN(C(=O)CN3CCc4sccc4C3)CCO2)n[nH]1. The number of morpholine rings is 1. The van der Waals surface area contributed by atoms with E-state index in [1.165, 1.54) is 10.4 Å². The molecule has 128 valence electrons. The Hall–Kier alpha value is -1.77. The predicted molar refractivity (Wildman–Crippen MR) is 89.7 cm³/mol. The molecule has 1 fully saturated rings. The lowest BCUT2D eigenvalue weighted by Gasteiger charge is -2.34. The van der Waals surface area contributed by atoms with Crippen LogP contribution < -0.4 is 0 Å². The second-order valence-corrected chi connectivity index (χ2v) is 7.31. The summed E-state index contributed by atoms with van der Waals surface area (Å²) in [6.07, 6.45) is 0.806. The van der Waals surface area contributed by atoms with Gasteiger partial charge in [0.15, 0.2) is 5.82 Å². The fourth-order valence-corrected chi connectivity index (χ4v) is 4.16. The minimum Gasteiger partial charge on any atom is -0.366 e. The smallest absolute Gasteiger partial charge is 0.236 e. The highest BCUT2D eigenvalue weighted by molar-refractivity contribution is 7.10. The second kappa shape index (κ2) is 6.62. The molecule has 4 heterocycles. The number of carbonyl (C=O) groups is 1. The van der Waals surface area contributed by atoms with E-state index in [0.717, 1.165) is 25.3 Å². The van der Waals surface area contributed by atoms with Crippen LogP contribution in [0, 0.1) is 6.92 Å². The number of aromatic amines is 1. The lowest BCUT2D eigenvalue weighted by atomic mass is 10.1. The predicted octanol–water partition coefficient (Wildman–Crippen LogP) is 1.13. The number of aromatic nitrogens is 3. The summed E-state index contributed by atoms with van der Waals surface area (Å²) in [6.45, 7) is 5.83. The van der Waals surface area contributed by atoms with Crippen LogP contribution in [0.2, 0.25) is 0 Å². The largest absolute Gasteiger partial charge is 0.366 e. The summed E-state index contributed by atoms with van der Waals surface area (Å²) < 4.78 is 5.73. The van der Waals surface area contributed by atoms with Gasteiger partial charge in [0.1, 0.15) is 11.9 Å². The molecule has 0 spiro atoms. The van der Waals surface area contributed by atoms with Gasteiger partial charge in [-0.05, 0) is 30.4 Å². The van der Waals surface area contributed by atoms with Crippen LogP contribution in [0.15, 0.2) is 11.4 Å². The van der Waals surface area contributed by atoms with Gasteiger partial charge >= 0.3 is 0 Å². The topological polar surface area (TPSA) is 74.3 Å². The molecule has 1 unspecified atom stereocenters. The molecule has 2 aromatic heterocycles. The van der Waals surface area contributed by atoms with Crippen LogP contribution in [-0.2, 0) is 22.5 Å². The van der Waals surface area contributed by atoms with Crippen LogP contribution in [0.3, 0.4) is 0 Å². The van der Waals surface area contributed by atoms with Gasteiger partial charge in [-0.3, -0.25) is 14.8 Å². The molecule has 2 aromatic rings. The van der Waals surface area contributed by atoms with Gasteiger partial charge in [-0.2, -0.15) is 5.10 Å². The average Bonchev–Trinajstić information content (AvgIpc) is 3.23. The Morgan fingerprint density at radius 2 is 2.42 bits per heavy atom. The molecule has 0 radical (unpaired) electrons. The van der Waals surface area contributed by atoms with E-state index in [2.05, 4.69) is 31.5 Å². The van der Waals surface area contributed by atoms with Gasteiger partial charge < -0.3 is 9.64 Å². The fraction of sp³-hybridized carbons (Fsp3) is 0.562. The van der Waals surface area contributed by atoms with Gasteiger partial charge in [-0.15, -0.1) is 11.3 Å². The molecule has 2 aliphatic rings. The highest BCUT2D eigenvalue weighted by Gasteiger charge is 2.29. The number of H-pyrrole nitrogens is 1. The standard InChI is InChI=1S/C16H21N5O2S/c1-11-17-16(19-18-11)13-9-21(5-6-23-13)15(22)10-20-4-2-14-12(8-20)3-7-24-14/h3,7,13H,2,4-6,8-10H2,1H3,(H,17,18,19). The van der Waals surface area contributed by atoms with E-state index in [4.69, 9.17) is 4.74 Å². The molecule has 0 aliphatic carbocycles. The molecule has 8 heteroatoms. The van der Waals surface area contributed by atoms with Crippen LogP contribution in [0.4, 0.5) is 0 Å². The molecule has 1 N–H and O–H groups in total. The summed E-state index contributed by atoms with van der Waals surface area (Å²) in [5, 5.41) is 9.13. The number of rotatable bonds is 3. The van der Waals surface area contributed by atoms with E-state index < -0.39 is 0 Å². The Morgan fingerprint density at radius 1 is 1.50 bits per heavy atom. The van der Waals surface area contributed by atoms with Gasteiger partial charge in [-0.1, -0.05) is 0 Å². The molecule has 4 rings (SSSR count). The molecule has 0 saturated carbocycles. The molecule has 1 saturated heterocycles. The molecule has 2 aliphatic heterocycles. The Labute approximate surface area is 144 Å². The van der Waals surface area contributed by atoms with E-state index in [1.807, 2.05) is 23.2 Å². The Kier molecular flexibility index (Phi) is 4.34. The van der Waals surface area contributed by atoms with Crippen molar-refractivity contribution in [2.45, 2.75) is 26.0 Å². The van der Waals surface area contributed by atoms with Crippen molar-refractivity contribution in [3.05, 3.63) is 33.5 Å². The number of ether oxygens (including phenoxy) is 1. The number of nitrogens with one attached hydrogen (secondary N) is 1. The average molecular weight is 347 g/mol. The van der Waals surface area contributed by atoms with E-state index in [0.29, 0.717) is 32.1 Å². The summed E-state index contributed by atoms with van der Waals surface area (Å²) in [5.74, 6) is 1.55. The minimum absolute atomic E-state index is 0.161. The Balaban J connectivity index is 1.36. The van der Waals surface area contributed by atoms with Crippen molar-refractivity contribution < 1.29 is 9.53 Å². The van der Waals surface area contributed by atoms with Gasteiger partial charge in [0.2, 0.25) is 5.91 Å². The third-order valence-electron chi connectivity index (χ3n) is 4.57. The Morgan fingerprint density at radius 3 is 3.25 bits per heavy atom. The van der Waals surface area contributed by atoms with Gasteiger partial charge in [0.25, 0.3) is 0 Å². The number of aryl methyl sites for hydroxylation is 1. The third kappa shape index (κ3) is 3.22. The summed E-state index contributed by atoms with van der Waals surface area (Å²) in [5.41, 5.74) is 1.37. The zero-order chi connectivity index (χ0) is 16.5. The normalized spacial score (nSPS) is 21.7. The van der Waals surface area contributed by atoms with Crippen LogP contribution in [0.25, 0.3) is 0 Å². The zero-order valence-electron chi connectivity index (χ0n) is 13.7. The summed E-state index contributed by atoms with van der Waals surface area (Å²) >= 11 is 1.82. The highest BCUT2D eigenvalue weighted by Crippen LogP contribution is 2.24. The number of hydrogen-bond donors (Lipinski definition) is 1. The maximum Gasteiger partial charge on any atom is 0.236 e. The lowest BCUT2D eigenvalue weighted by Crippen LogP contribution is -2.47. The van der Waals surface area contributed by atoms with Crippen LogP contribution in [0.5, 0.6) is 0 Å².